The van der Waals surface area contributed by atoms with Gasteiger partial charge < -0.3 is 5.11 Å². The summed E-state index contributed by atoms with van der Waals surface area (Å²) in [6, 6.07) is 8.40. The van der Waals surface area contributed by atoms with Gasteiger partial charge in [-0.1, -0.05) is 25.5 Å². The van der Waals surface area contributed by atoms with E-state index in [2.05, 4.69) is 31.7 Å². The van der Waals surface area contributed by atoms with Crippen LogP contribution in [0.25, 0.3) is 0 Å². The fraction of sp³-hybridized carbons (Fsp3) is 0.417. The van der Waals surface area contributed by atoms with E-state index in [1.165, 1.54) is 24.8 Å². The van der Waals surface area contributed by atoms with Crippen molar-refractivity contribution in [2.45, 2.75) is 38.0 Å². The van der Waals surface area contributed by atoms with Crippen molar-refractivity contribution in [2.24, 2.45) is 0 Å². The molecule has 0 aliphatic rings. The first kappa shape index (κ1) is 14.0. The molecule has 0 aromatic heterocycles. The number of rotatable bonds is 3. The highest BCUT2D eigenvalue weighted by Crippen LogP contribution is 2.09. The Balaban J connectivity index is 0.000000423. The number of aliphatic carboxylic acids is 1. The lowest BCUT2D eigenvalue weighted by molar-refractivity contribution is -0.134. The van der Waals surface area contributed by atoms with Crippen LogP contribution in [0.2, 0.25) is 0 Å². The average Bonchev–Trinajstić information content (AvgIpc) is 2.16. The number of benzene rings is 1. The Morgan fingerprint density at radius 1 is 1.33 bits per heavy atom. The molecule has 1 N–H and O–H groups in total. The predicted molar refractivity (Wildman–Crippen MR) is 65.6 cm³/mol. The van der Waals surface area contributed by atoms with Crippen LogP contribution in [0.4, 0.5) is 0 Å². The zero-order chi connectivity index (χ0) is 11.7. The van der Waals surface area contributed by atoms with Gasteiger partial charge in [-0.05, 0) is 30.5 Å². The summed E-state index contributed by atoms with van der Waals surface area (Å²) in [5, 5.41) is 7.42. The summed E-state index contributed by atoms with van der Waals surface area (Å²) < 4.78 is 0. The SMILES string of the molecule is CC(=O)O.CCCCc1ccc(S)cc1. The largest absolute Gasteiger partial charge is 0.481 e. The Labute approximate surface area is 96.7 Å². The molecule has 15 heavy (non-hydrogen) atoms. The maximum atomic E-state index is 9.00. The fourth-order valence-electron chi connectivity index (χ4n) is 1.04. The Hall–Kier alpha value is -0.960. The molecule has 0 fully saturated rings. The zero-order valence-electron chi connectivity index (χ0n) is 9.23. The number of aryl methyl sites for hydroxylation is 1. The fourth-order valence-corrected chi connectivity index (χ4v) is 1.19. The third kappa shape index (κ3) is 9.35. The topological polar surface area (TPSA) is 37.3 Å². The van der Waals surface area contributed by atoms with Gasteiger partial charge in [0.05, 0.1) is 0 Å². The molecule has 0 amide bonds. The molecule has 0 spiro atoms. The van der Waals surface area contributed by atoms with Crippen LogP contribution in [-0.2, 0) is 11.2 Å². The molecule has 0 saturated heterocycles. The van der Waals surface area contributed by atoms with Crippen molar-refractivity contribution >= 4 is 18.6 Å². The Morgan fingerprint density at radius 2 is 1.80 bits per heavy atom. The lowest BCUT2D eigenvalue weighted by atomic mass is 10.1. The first-order chi connectivity index (χ1) is 7.06. The lowest BCUT2D eigenvalue weighted by Gasteiger charge is -1.98. The molecule has 0 atom stereocenters. The van der Waals surface area contributed by atoms with E-state index in [9.17, 15) is 0 Å². The van der Waals surface area contributed by atoms with Crippen LogP contribution < -0.4 is 0 Å². The summed E-state index contributed by atoms with van der Waals surface area (Å²) in [5.74, 6) is -0.833. The van der Waals surface area contributed by atoms with E-state index in [0.29, 0.717) is 0 Å². The molecule has 0 radical (unpaired) electrons. The van der Waals surface area contributed by atoms with Crippen LogP contribution in [0.1, 0.15) is 32.3 Å². The quantitative estimate of drug-likeness (QED) is 0.775. The van der Waals surface area contributed by atoms with Gasteiger partial charge in [0.1, 0.15) is 0 Å². The van der Waals surface area contributed by atoms with Crippen LogP contribution in [0.15, 0.2) is 29.2 Å². The number of carboxylic acids is 1. The van der Waals surface area contributed by atoms with Crippen LogP contribution in [0.3, 0.4) is 0 Å². The second kappa shape index (κ2) is 8.36. The number of hydrogen-bond acceptors (Lipinski definition) is 2. The zero-order valence-corrected chi connectivity index (χ0v) is 10.1. The van der Waals surface area contributed by atoms with Crippen molar-refractivity contribution in [3.05, 3.63) is 29.8 Å². The Bertz CT molecular complexity index is 276. The molecular weight excluding hydrogens is 208 g/mol. The van der Waals surface area contributed by atoms with E-state index in [1.807, 2.05) is 12.1 Å². The number of thiol groups is 1. The minimum absolute atomic E-state index is 0.833. The van der Waals surface area contributed by atoms with Gasteiger partial charge in [0, 0.05) is 11.8 Å². The first-order valence-corrected chi connectivity index (χ1v) is 5.48. The highest BCUT2D eigenvalue weighted by atomic mass is 32.1. The molecule has 1 aromatic rings. The van der Waals surface area contributed by atoms with Gasteiger partial charge in [-0.15, -0.1) is 12.6 Å². The highest BCUT2D eigenvalue weighted by molar-refractivity contribution is 7.80. The molecule has 1 rings (SSSR count). The molecule has 0 bridgehead atoms. The second-order valence-corrected chi connectivity index (χ2v) is 3.81. The summed E-state index contributed by atoms with van der Waals surface area (Å²) in [5.41, 5.74) is 1.42. The summed E-state index contributed by atoms with van der Waals surface area (Å²) >= 11 is 4.22. The molecule has 0 unspecified atom stereocenters. The van der Waals surface area contributed by atoms with E-state index >= 15 is 0 Å². The van der Waals surface area contributed by atoms with Crippen molar-refractivity contribution in [1.82, 2.24) is 0 Å². The van der Waals surface area contributed by atoms with Gasteiger partial charge in [0.25, 0.3) is 5.97 Å². The number of unbranched alkanes of at least 4 members (excludes halogenated alkanes) is 1. The van der Waals surface area contributed by atoms with Gasteiger partial charge in [-0.2, -0.15) is 0 Å². The van der Waals surface area contributed by atoms with Gasteiger partial charge in [-0.25, -0.2) is 0 Å². The van der Waals surface area contributed by atoms with Gasteiger partial charge in [0.15, 0.2) is 0 Å². The molecule has 2 nitrogen and oxygen atoms in total. The van der Waals surface area contributed by atoms with Crippen molar-refractivity contribution in [3.63, 3.8) is 0 Å². The molecule has 0 aliphatic carbocycles. The molecule has 3 heteroatoms. The minimum Gasteiger partial charge on any atom is -0.481 e. The van der Waals surface area contributed by atoms with Crippen molar-refractivity contribution in [3.8, 4) is 0 Å². The molecule has 84 valence electrons. The Morgan fingerprint density at radius 3 is 2.20 bits per heavy atom. The van der Waals surface area contributed by atoms with Gasteiger partial charge >= 0.3 is 0 Å². The van der Waals surface area contributed by atoms with E-state index in [0.717, 1.165) is 11.8 Å². The lowest BCUT2D eigenvalue weighted by Crippen LogP contribution is -1.82. The minimum atomic E-state index is -0.833. The molecule has 1 aromatic carbocycles. The van der Waals surface area contributed by atoms with E-state index in [4.69, 9.17) is 9.90 Å². The maximum Gasteiger partial charge on any atom is 0.300 e. The van der Waals surface area contributed by atoms with Crippen LogP contribution >= 0.6 is 12.6 Å². The van der Waals surface area contributed by atoms with Crippen LogP contribution in [-0.4, -0.2) is 11.1 Å². The normalized spacial score (nSPS) is 9.00. The van der Waals surface area contributed by atoms with E-state index in [-0.39, 0.29) is 0 Å². The van der Waals surface area contributed by atoms with E-state index < -0.39 is 5.97 Å². The van der Waals surface area contributed by atoms with Crippen molar-refractivity contribution < 1.29 is 9.90 Å². The summed E-state index contributed by atoms with van der Waals surface area (Å²) in [6.45, 7) is 3.30. The second-order valence-electron chi connectivity index (χ2n) is 3.29. The molecular formula is C12H18O2S. The van der Waals surface area contributed by atoms with E-state index in [1.54, 1.807) is 0 Å². The maximum absolute atomic E-state index is 9.00. The Kier molecular flexibility index (Phi) is 7.82. The summed E-state index contributed by atoms with van der Waals surface area (Å²) in [4.78, 5) is 10.0. The first-order valence-electron chi connectivity index (χ1n) is 5.03. The standard InChI is InChI=1S/C10H14S.C2H4O2/c1-2-3-4-9-5-7-10(11)8-6-9;1-2(3)4/h5-8,11H,2-4H2,1H3;1H3,(H,3,4). The van der Waals surface area contributed by atoms with Gasteiger partial charge in [-0.3, -0.25) is 4.79 Å². The predicted octanol–water partition coefficient (Wildman–Crippen LogP) is 3.41. The highest BCUT2D eigenvalue weighted by Gasteiger charge is 1.90. The third-order valence-corrected chi connectivity index (χ3v) is 2.05. The monoisotopic (exact) mass is 226 g/mol. The van der Waals surface area contributed by atoms with Crippen molar-refractivity contribution in [2.75, 3.05) is 0 Å². The van der Waals surface area contributed by atoms with Crippen molar-refractivity contribution in [1.29, 1.82) is 0 Å². The van der Waals surface area contributed by atoms with Crippen LogP contribution in [0.5, 0.6) is 0 Å². The molecule has 0 aliphatic heterocycles. The molecule has 0 heterocycles. The average molecular weight is 226 g/mol. The number of hydrogen-bond donors (Lipinski definition) is 2. The van der Waals surface area contributed by atoms with Gasteiger partial charge in [0.2, 0.25) is 0 Å². The summed E-state index contributed by atoms with van der Waals surface area (Å²) in [6.07, 6.45) is 3.75. The summed E-state index contributed by atoms with van der Waals surface area (Å²) in [7, 11) is 0. The van der Waals surface area contributed by atoms with Crippen LogP contribution in [0, 0.1) is 0 Å². The third-order valence-electron chi connectivity index (χ3n) is 1.76. The smallest absolute Gasteiger partial charge is 0.300 e. The molecule has 0 saturated carbocycles. The number of carboxylic acid groups (broad SMARTS) is 1. The number of carbonyl (C=O) groups is 1.